The molecule has 198 valence electrons. The van der Waals surface area contributed by atoms with Crippen molar-refractivity contribution in [3.8, 4) is 5.75 Å². The number of unbranched alkanes of at least 4 members (excludes halogenated alkanes) is 3. The first-order valence-electron chi connectivity index (χ1n) is 13.0. The molecule has 4 N–H and O–H groups in total. The smallest absolute Gasteiger partial charge is 0.331 e. The number of nitrogen functional groups attached to an aromatic ring is 2. The summed E-state index contributed by atoms with van der Waals surface area (Å²) in [5.74, 6) is -0.292. The van der Waals surface area contributed by atoms with Crippen molar-refractivity contribution < 1.29 is 23.8 Å². The Morgan fingerprint density at radius 2 is 1.65 bits per heavy atom. The van der Waals surface area contributed by atoms with E-state index < -0.39 is 5.97 Å². The summed E-state index contributed by atoms with van der Waals surface area (Å²) in [6, 6.07) is 12.1. The van der Waals surface area contributed by atoms with Crippen molar-refractivity contribution >= 4 is 29.4 Å². The first kappa shape index (κ1) is 28.0. The fourth-order valence-electron chi connectivity index (χ4n) is 4.32. The summed E-state index contributed by atoms with van der Waals surface area (Å²) in [5.41, 5.74) is 14.0. The molecule has 7 nitrogen and oxygen atoms in total. The van der Waals surface area contributed by atoms with E-state index in [1.807, 2.05) is 6.08 Å². The summed E-state index contributed by atoms with van der Waals surface area (Å²) in [6.45, 7) is 4.61. The van der Waals surface area contributed by atoms with E-state index in [-0.39, 0.29) is 24.6 Å². The summed E-state index contributed by atoms with van der Waals surface area (Å²) in [4.78, 5) is 24.6. The van der Waals surface area contributed by atoms with Crippen molar-refractivity contribution in [2.45, 2.75) is 64.1 Å². The van der Waals surface area contributed by atoms with Crippen LogP contribution >= 0.6 is 0 Å². The Kier molecular flexibility index (Phi) is 11.2. The lowest BCUT2D eigenvalue weighted by Crippen LogP contribution is -2.29. The van der Waals surface area contributed by atoms with Crippen molar-refractivity contribution in [1.29, 1.82) is 0 Å². The Morgan fingerprint density at radius 1 is 0.946 bits per heavy atom. The van der Waals surface area contributed by atoms with Gasteiger partial charge in [-0.3, -0.25) is 4.79 Å². The molecule has 3 rings (SSSR count). The van der Waals surface area contributed by atoms with E-state index in [2.05, 4.69) is 6.58 Å². The molecule has 2 aromatic carbocycles. The quantitative estimate of drug-likeness (QED) is 0.0876. The molecule has 0 radical (unpaired) electrons. The first-order valence-corrected chi connectivity index (χ1v) is 13.0. The molecule has 0 aromatic heterocycles. The zero-order chi connectivity index (χ0) is 26.5. The van der Waals surface area contributed by atoms with Crippen LogP contribution in [0, 0.1) is 5.92 Å². The van der Waals surface area contributed by atoms with Crippen LogP contribution in [0.3, 0.4) is 0 Å². The second-order valence-electron chi connectivity index (χ2n) is 9.42. The van der Waals surface area contributed by atoms with Gasteiger partial charge < -0.3 is 25.7 Å². The van der Waals surface area contributed by atoms with E-state index >= 15 is 0 Å². The van der Waals surface area contributed by atoms with E-state index in [1.54, 1.807) is 48.5 Å². The van der Waals surface area contributed by atoms with Gasteiger partial charge in [-0.15, -0.1) is 6.58 Å². The molecule has 0 amide bonds. The van der Waals surface area contributed by atoms with Crippen LogP contribution in [0.1, 0.15) is 62.5 Å². The van der Waals surface area contributed by atoms with Crippen LogP contribution in [-0.4, -0.2) is 24.6 Å². The minimum Gasteiger partial charge on any atom is -0.458 e. The average Bonchev–Trinajstić information content (AvgIpc) is 2.89. The number of rotatable bonds is 13. The van der Waals surface area contributed by atoms with Gasteiger partial charge in [0.15, 0.2) is 0 Å². The van der Waals surface area contributed by atoms with Crippen LogP contribution in [0.15, 0.2) is 61.2 Å². The minimum absolute atomic E-state index is 0.0808. The maximum absolute atomic E-state index is 12.6. The fourth-order valence-corrected chi connectivity index (χ4v) is 4.32. The second kappa shape index (κ2) is 14.9. The summed E-state index contributed by atoms with van der Waals surface area (Å²) >= 11 is 0. The average molecular weight is 507 g/mol. The molecular formula is C30H38N2O5. The van der Waals surface area contributed by atoms with Crippen molar-refractivity contribution in [3.63, 3.8) is 0 Å². The maximum Gasteiger partial charge on any atom is 0.331 e. The van der Waals surface area contributed by atoms with Crippen molar-refractivity contribution in [2.24, 2.45) is 5.92 Å². The molecule has 1 fully saturated rings. The van der Waals surface area contributed by atoms with E-state index in [0.717, 1.165) is 69.1 Å². The van der Waals surface area contributed by atoms with Crippen molar-refractivity contribution in [2.75, 3.05) is 18.1 Å². The highest BCUT2D eigenvalue weighted by Crippen LogP contribution is 2.28. The molecule has 0 atom stereocenters. The van der Waals surface area contributed by atoms with Gasteiger partial charge in [0.1, 0.15) is 12.4 Å². The van der Waals surface area contributed by atoms with Gasteiger partial charge in [-0.1, -0.05) is 24.6 Å². The molecule has 0 unspecified atom stereocenters. The van der Waals surface area contributed by atoms with Gasteiger partial charge in [0, 0.05) is 24.1 Å². The Balaban J connectivity index is 1.36. The first-order chi connectivity index (χ1) is 17.9. The Labute approximate surface area is 219 Å². The molecule has 1 aliphatic carbocycles. The SMILES string of the molecule is C=CCCCCCOC1CCC(C(=O)Oc2ccc(C=CC(=O)OCc3cc(N)cc(N)c3)cc2)CC1. The zero-order valence-corrected chi connectivity index (χ0v) is 21.4. The number of ether oxygens (including phenoxy) is 3. The van der Waals surface area contributed by atoms with Gasteiger partial charge in [0.2, 0.25) is 0 Å². The lowest BCUT2D eigenvalue weighted by atomic mass is 9.87. The van der Waals surface area contributed by atoms with E-state index in [4.69, 9.17) is 25.7 Å². The molecular weight excluding hydrogens is 468 g/mol. The predicted octanol–water partition coefficient (Wildman–Crippen LogP) is 5.83. The standard InChI is InChI=1S/C30H38N2O5/c1-2-3-4-5-6-17-35-27-14-10-24(11-15-27)30(34)37-28-12-7-22(8-13-28)9-16-29(33)36-21-23-18-25(31)20-26(32)19-23/h2,7-9,12-13,16,18-20,24,27H,1,3-6,10-11,14-15,17,21,31-32H2. The fraction of sp³-hybridized carbons (Fsp3) is 0.400. The number of carbonyl (C=O) groups excluding carboxylic acids is 2. The van der Waals surface area contributed by atoms with Gasteiger partial charge in [-0.25, -0.2) is 4.79 Å². The highest BCUT2D eigenvalue weighted by atomic mass is 16.5. The van der Waals surface area contributed by atoms with Crippen LogP contribution in [0.5, 0.6) is 5.75 Å². The molecule has 0 saturated heterocycles. The van der Waals surface area contributed by atoms with Crippen molar-refractivity contribution in [3.05, 3.63) is 72.3 Å². The third kappa shape index (κ3) is 10.1. The highest BCUT2D eigenvalue weighted by Gasteiger charge is 2.28. The zero-order valence-electron chi connectivity index (χ0n) is 21.4. The van der Waals surface area contributed by atoms with E-state index in [0.29, 0.717) is 17.1 Å². The van der Waals surface area contributed by atoms with Gasteiger partial charge >= 0.3 is 11.9 Å². The normalized spacial score (nSPS) is 17.4. The van der Waals surface area contributed by atoms with Gasteiger partial charge in [0.25, 0.3) is 0 Å². The lowest BCUT2D eigenvalue weighted by Gasteiger charge is -2.27. The van der Waals surface area contributed by atoms with E-state index in [1.165, 1.54) is 6.08 Å². The monoisotopic (exact) mass is 506 g/mol. The Bertz CT molecular complexity index is 1040. The molecule has 1 saturated carbocycles. The predicted molar refractivity (Wildman–Crippen MR) is 147 cm³/mol. The number of allylic oxidation sites excluding steroid dienone is 1. The Hall–Kier alpha value is -3.58. The summed E-state index contributed by atoms with van der Waals surface area (Å²) in [6.07, 6.45) is 13.0. The number of hydrogen-bond donors (Lipinski definition) is 2. The Morgan fingerprint density at radius 3 is 2.32 bits per heavy atom. The number of anilines is 2. The summed E-state index contributed by atoms with van der Waals surface area (Å²) in [7, 11) is 0. The molecule has 2 aromatic rings. The third-order valence-electron chi connectivity index (χ3n) is 6.34. The molecule has 0 aliphatic heterocycles. The molecule has 0 heterocycles. The van der Waals surface area contributed by atoms with Gasteiger partial charge in [0.05, 0.1) is 12.0 Å². The molecule has 1 aliphatic rings. The second-order valence-corrected chi connectivity index (χ2v) is 9.42. The summed E-state index contributed by atoms with van der Waals surface area (Å²) < 4.78 is 16.8. The van der Waals surface area contributed by atoms with E-state index in [9.17, 15) is 9.59 Å². The summed E-state index contributed by atoms with van der Waals surface area (Å²) in [5, 5.41) is 0. The number of carbonyl (C=O) groups is 2. The molecule has 0 spiro atoms. The molecule has 7 heteroatoms. The van der Waals surface area contributed by atoms with Crippen LogP contribution in [0.2, 0.25) is 0 Å². The minimum atomic E-state index is -0.483. The topological polar surface area (TPSA) is 114 Å². The van der Waals surface area contributed by atoms with Crippen LogP contribution < -0.4 is 16.2 Å². The van der Waals surface area contributed by atoms with Crippen LogP contribution in [0.4, 0.5) is 11.4 Å². The molecule has 0 bridgehead atoms. The van der Waals surface area contributed by atoms with Gasteiger partial charge in [-0.2, -0.15) is 0 Å². The van der Waals surface area contributed by atoms with Crippen LogP contribution in [-0.2, 0) is 25.7 Å². The van der Waals surface area contributed by atoms with Crippen LogP contribution in [0.25, 0.3) is 6.08 Å². The highest BCUT2D eigenvalue weighted by molar-refractivity contribution is 5.87. The number of esters is 2. The molecule has 37 heavy (non-hydrogen) atoms. The lowest BCUT2D eigenvalue weighted by molar-refractivity contribution is -0.141. The number of hydrogen-bond acceptors (Lipinski definition) is 7. The largest absolute Gasteiger partial charge is 0.458 e. The number of benzene rings is 2. The van der Waals surface area contributed by atoms with Gasteiger partial charge in [-0.05, 0) is 92.5 Å². The van der Waals surface area contributed by atoms with Crippen molar-refractivity contribution in [1.82, 2.24) is 0 Å². The number of nitrogens with two attached hydrogens (primary N) is 2. The third-order valence-corrected chi connectivity index (χ3v) is 6.34. The maximum atomic E-state index is 12.6.